The SMILES string of the molecule is C1=Cc2c(cccc2CNC23CC4CC(CC(C4)C2)C3)C1.CCOc1ccc(CNC23CC4CC(CC(C4)C2)C3)cc1.Cc1c(CNC23CC4CC(CC(C4)C2)C3)ccc2ccccc12.c1ccc2nc(CNC34CC5CC(CC(C5)C3)C4)ccc2c1. The minimum Gasteiger partial charge on any atom is -0.494 e. The summed E-state index contributed by atoms with van der Waals surface area (Å²) in [6.45, 7) is 9.12. The van der Waals surface area contributed by atoms with Gasteiger partial charge in [-0.25, -0.2) is 0 Å². The molecule has 23 rings (SSSR count). The van der Waals surface area contributed by atoms with E-state index in [2.05, 4.69) is 156 Å². The van der Waals surface area contributed by atoms with Crippen LogP contribution in [-0.2, 0) is 32.6 Å². The zero-order chi connectivity index (χ0) is 58.2. The molecule has 458 valence electrons. The van der Waals surface area contributed by atoms with Gasteiger partial charge in [0.1, 0.15) is 5.75 Å². The molecule has 4 N–H and O–H groups in total. The van der Waals surface area contributed by atoms with E-state index in [-0.39, 0.29) is 0 Å². The lowest BCUT2D eigenvalue weighted by Crippen LogP contribution is -2.58. The molecule has 16 fully saturated rings. The number of nitrogens with one attached hydrogen (secondary N) is 4. The van der Waals surface area contributed by atoms with E-state index in [0.29, 0.717) is 22.2 Å². The van der Waals surface area contributed by atoms with Crippen molar-refractivity contribution in [2.24, 2.45) is 71.0 Å². The van der Waals surface area contributed by atoms with Gasteiger partial charge in [-0.2, -0.15) is 0 Å². The van der Waals surface area contributed by atoms with Crippen molar-refractivity contribution < 1.29 is 4.74 Å². The second-order valence-electron chi connectivity index (χ2n) is 32.4. The zero-order valence-corrected chi connectivity index (χ0v) is 53.1. The standard InChI is InChI=1S/C22H27N.C20H24N2.C20H25N.C19H27NO/c1-15-20(7-6-19-4-2-3-5-21(15)19)14-23-22-11-16-8-17(12-22)10-18(9-16)13-22;1-2-4-19-17(3-1)5-6-18(22-19)13-21-20-10-14-7-15(11-20)9-16(8-14)12-20;1-3-17-4-2-6-19(17)18(5-1)13-21-20-10-14-7-15(11-20)9-16(8-14)12-20;1-2-21-18-5-3-14(4-6-18)13-20-19-10-15-7-16(11-19)9-17(8-15)12-19/h2-7,16-18,23H,8-14H2,1H3;1-6,14-16,21H,7-13H2;1-3,5-6,14-16,21H,4,7-13H2;3-6,15-17,20H,2,7-13H2,1H3. The molecule has 0 saturated heterocycles. The molecular weight excluding hydrogens is 1060 g/mol. The van der Waals surface area contributed by atoms with E-state index < -0.39 is 0 Å². The molecule has 0 radical (unpaired) electrons. The molecule has 16 bridgehead atoms. The summed E-state index contributed by atoms with van der Waals surface area (Å²) < 4.78 is 5.52. The van der Waals surface area contributed by atoms with E-state index in [9.17, 15) is 0 Å². The third-order valence-corrected chi connectivity index (χ3v) is 25.9. The monoisotopic (exact) mass is 1160 g/mol. The third-order valence-electron chi connectivity index (χ3n) is 25.9. The number of hydrogen-bond acceptors (Lipinski definition) is 6. The quantitative estimate of drug-likeness (QED) is 0.0871. The number of benzene rings is 5. The summed E-state index contributed by atoms with van der Waals surface area (Å²) in [6, 6.07) is 41.7. The molecule has 0 aliphatic heterocycles. The van der Waals surface area contributed by atoms with Crippen LogP contribution in [0.25, 0.3) is 27.8 Å². The largest absolute Gasteiger partial charge is 0.494 e. The lowest BCUT2D eigenvalue weighted by Gasteiger charge is -2.57. The minimum atomic E-state index is 0.433. The first-order valence-electron chi connectivity index (χ1n) is 35.8. The Morgan fingerprint density at radius 1 is 0.414 bits per heavy atom. The van der Waals surface area contributed by atoms with E-state index in [1.54, 1.807) is 0 Å². The van der Waals surface area contributed by atoms with Gasteiger partial charge >= 0.3 is 0 Å². The summed E-state index contributed by atoms with van der Waals surface area (Å²) in [6.07, 6.45) is 41.2. The Morgan fingerprint density at radius 3 is 1.36 bits per heavy atom. The summed E-state index contributed by atoms with van der Waals surface area (Å²) in [5, 5.41) is 20.0. The van der Waals surface area contributed by atoms with Crippen LogP contribution >= 0.6 is 0 Å². The molecule has 6 heteroatoms. The van der Waals surface area contributed by atoms with Gasteiger partial charge in [0.15, 0.2) is 0 Å². The number of hydrogen-bond donors (Lipinski definition) is 4. The lowest BCUT2D eigenvalue weighted by molar-refractivity contribution is -0.0208. The number of aryl methyl sites for hydroxylation is 1. The highest BCUT2D eigenvalue weighted by molar-refractivity contribution is 5.86. The fourth-order valence-electron chi connectivity index (χ4n) is 23.7. The van der Waals surface area contributed by atoms with Crippen molar-refractivity contribution in [1.29, 1.82) is 0 Å². The van der Waals surface area contributed by atoms with Gasteiger partial charge in [0.2, 0.25) is 0 Å². The van der Waals surface area contributed by atoms with Gasteiger partial charge in [-0.1, -0.05) is 103 Å². The molecule has 17 aliphatic carbocycles. The number of rotatable bonds is 14. The second-order valence-corrected chi connectivity index (χ2v) is 32.4. The normalized spacial score (nSPS) is 36.7. The number of pyridine rings is 1. The van der Waals surface area contributed by atoms with Crippen LogP contribution in [0.15, 0.2) is 121 Å². The summed E-state index contributed by atoms with van der Waals surface area (Å²) in [7, 11) is 0. The van der Waals surface area contributed by atoms with E-state index in [1.807, 2.05) is 6.92 Å². The molecule has 1 heterocycles. The highest BCUT2D eigenvalue weighted by Gasteiger charge is 2.54. The van der Waals surface area contributed by atoms with E-state index in [1.165, 1.54) is 209 Å². The van der Waals surface area contributed by atoms with Crippen molar-refractivity contribution >= 4 is 27.8 Å². The Labute approximate surface area is 522 Å². The van der Waals surface area contributed by atoms with Crippen molar-refractivity contribution in [3.63, 3.8) is 0 Å². The van der Waals surface area contributed by atoms with Gasteiger partial charge in [0, 0.05) is 53.7 Å². The molecule has 17 aliphatic rings. The van der Waals surface area contributed by atoms with Crippen LogP contribution in [0.5, 0.6) is 5.75 Å². The Bertz CT molecular complexity index is 3300. The number of allylic oxidation sites excluding steroid dienone is 1. The summed E-state index contributed by atoms with van der Waals surface area (Å²) in [4.78, 5) is 4.83. The molecule has 0 atom stereocenters. The Kier molecular flexibility index (Phi) is 15.6. The molecular formula is C81H103N5O. The first kappa shape index (κ1) is 57.3. The van der Waals surface area contributed by atoms with Crippen LogP contribution in [0, 0.1) is 77.9 Å². The zero-order valence-electron chi connectivity index (χ0n) is 53.1. The van der Waals surface area contributed by atoms with Gasteiger partial charge in [-0.3, -0.25) is 4.98 Å². The number of para-hydroxylation sites is 1. The maximum Gasteiger partial charge on any atom is 0.119 e. The van der Waals surface area contributed by atoms with Gasteiger partial charge in [0.25, 0.3) is 0 Å². The maximum atomic E-state index is 5.52. The topological polar surface area (TPSA) is 70.2 Å². The molecule has 0 unspecified atom stereocenters. The fraction of sp³-hybridized carbons (Fsp3) is 0.593. The maximum absolute atomic E-state index is 5.52. The Balaban J connectivity index is 0.0000000939. The van der Waals surface area contributed by atoms with Gasteiger partial charge < -0.3 is 26.0 Å². The summed E-state index contributed by atoms with van der Waals surface area (Å²) in [5.41, 5.74) is 13.0. The van der Waals surface area contributed by atoms with Crippen LogP contribution < -0.4 is 26.0 Å². The number of fused-ring (bicyclic) bond motifs is 3. The fourth-order valence-corrected chi connectivity index (χ4v) is 23.7. The number of nitrogens with zero attached hydrogens (tertiary/aromatic N) is 1. The highest BCUT2D eigenvalue weighted by Crippen LogP contribution is 2.59. The average molecular weight is 1160 g/mol. The third kappa shape index (κ3) is 12.2. The molecule has 6 nitrogen and oxygen atoms in total. The predicted molar refractivity (Wildman–Crippen MR) is 358 cm³/mol. The van der Waals surface area contributed by atoms with E-state index in [4.69, 9.17) is 9.72 Å². The van der Waals surface area contributed by atoms with Gasteiger partial charge in [-0.15, -0.1) is 0 Å². The van der Waals surface area contributed by atoms with Crippen molar-refractivity contribution in [2.45, 2.75) is 223 Å². The smallest absolute Gasteiger partial charge is 0.119 e. The van der Waals surface area contributed by atoms with Gasteiger partial charge in [-0.05, 0) is 314 Å². The molecule has 6 aromatic rings. The summed E-state index contributed by atoms with van der Waals surface area (Å²) in [5.74, 6) is 13.2. The molecule has 0 spiro atoms. The predicted octanol–water partition coefficient (Wildman–Crippen LogP) is 18.0. The van der Waals surface area contributed by atoms with Crippen LogP contribution in [0.2, 0.25) is 0 Å². The molecule has 16 saturated carbocycles. The Hall–Kier alpha value is -4.85. The molecule has 0 amide bonds. The molecule has 1 aromatic heterocycles. The van der Waals surface area contributed by atoms with E-state index >= 15 is 0 Å². The van der Waals surface area contributed by atoms with Crippen molar-refractivity contribution in [3.8, 4) is 5.75 Å². The number of ether oxygens (including phenoxy) is 1. The highest BCUT2D eigenvalue weighted by atomic mass is 16.5. The van der Waals surface area contributed by atoms with Crippen molar-refractivity contribution in [2.75, 3.05) is 6.61 Å². The molecule has 87 heavy (non-hydrogen) atoms. The first-order chi connectivity index (χ1) is 42.5. The van der Waals surface area contributed by atoms with E-state index in [0.717, 1.165) is 121 Å². The van der Waals surface area contributed by atoms with Crippen molar-refractivity contribution in [3.05, 3.63) is 160 Å². The lowest BCUT2D eigenvalue weighted by atomic mass is 9.53. The van der Waals surface area contributed by atoms with Gasteiger partial charge in [0.05, 0.1) is 17.8 Å². The van der Waals surface area contributed by atoms with Crippen LogP contribution in [0.3, 0.4) is 0 Å². The summed E-state index contributed by atoms with van der Waals surface area (Å²) >= 11 is 0. The van der Waals surface area contributed by atoms with Crippen LogP contribution in [0.1, 0.15) is 200 Å². The number of aromatic nitrogens is 1. The Morgan fingerprint density at radius 2 is 0.851 bits per heavy atom. The molecule has 5 aromatic carbocycles. The second kappa shape index (κ2) is 23.8. The average Bonchev–Trinajstić information content (AvgIpc) is 2.25. The first-order valence-corrected chi connectivity index (χ1v) is 35.8. The minimum absolute atomic E-state index is 0.433. The van der Waals surface area contributed by atoms with Crippen molar-refractivity contribution in [1.82, 2.24) is 26.3 Å². The van der Waals surface area contributed by atoms with Crippen LogP contribution in [0.4, 0.5) is 0 Å². The van der Waals surface area contributed by atoms with Crippen LogP contribution in [-0.4, -0.2) is 33.7 Å².